The number of hydrogen-bond donors (Lipinski definition) is 0. The number of carbonyl (C=O) groups is 1. The highest BCUT2D eigenvalue weighted by atomic mass is 35.5. The summed E-state index contributed by atoms with van der Waals surface area (Å²) in [6, 6.07) is 0. The minimum absolute atomic E-state index is 0.0501. The van der Waals surface area contributed by atoms with Gasteiger partial charge in [-0.1, -0.05) is 24.4 Å². The molecule has 1 aromatic carbocycles. The maximum atomic E-state index is 14.1. The molecule has 0 N–H and O–H groups in total. The molecule has 0 aromatic heterocycles. The highest BCUT2D eigenvalue weighted by Crippen LogP contribution is 2.30. The van der Waals surface area contributed by atoms with Crippen molar-refractivity contribution in [3.63, 3.8) is 0 Å². The molecule has 2 rings (SSSR count). The third kappa shape index (κ3) is 2.66. The van der Waals surface area contributed by atoms with E-state index < -0.39 is 17.5 Å². The molecule has 2 nitrogen and oxygen atoms in total. The normalized spacial score (nSPS) is 16.1. The first-order valence-electron chi connectivity index (χ1n) is 6.88. The number of hydrogen-bond acceptors (Lipinski definition) is 1. The fourth-order valence-corrected chi connectivity index (χ4v) is 2.79. The van der Waals surface area contributed by atoms with Crippen LogP contribution in [-0.4, -0.2) is 23.9 Å². The standard InChI is InChI=1S/C15H18ClF2NO/c1-9-11(14(18)13(17)10(2)12(9)16)15(20)19-7-5-3-4-6-8-19/h3-8H2,1-2H3. The lowest BCUT2D eigenvalue weighted by Gasteiger charge is -2.22. The summed E-state index contributed by atoms with van der Waals surface area (Å²) in [5.74, 6) is -2.57. The molecule has 1 amide bonds. The number of amides is 1. The Balaban J connectivity index is 2.44. The van der Waals surface area contributed by atoms with Gasteiger partial charge in [-0.25, -0.2) is 8.78 Å². The van der Waals surface area contributed by atoms with Gasteiger partial charge in [-0.15, -0.1) is 0 Å². The quantitative estimate of drug-likeness (QED) is 0.710. The Bertz CT molecular complexity index is 508. The molecule has 0 unspecified atom stereocenters. The molecule has 0 atom stereocenters. The van der Waals surface area contributed by atoms with Crippen LogP contribution in [0.2, 0.25) is 5.02 Å². The van der Waals surface area contributed by atoms with Gasteiger partial charge in [0.2, 0.25) is 0 Å². The van der Waals surface area contributed by atoms with Crippen LogP contribution in [0.15, 0.2) is 0 Å². The van der Waals surface area contributed by atoms with Crippen molar-refractivity contribution < 1.29 is 13.6 Å². The van der Waals surface area contributed by atoms with Crippen molar-refractivity contribution in [1.82, 2.24) is 4.90 Å². The van der Waals surface area contributed by atoms with Crippen LogP contribution in [-0.2, 0) is 0 Å². The molecular weight excluding hydrogens is 284 g/mol. The van der Waals surface area contributed by atoms with Gasteiger partial charge in [0.15, 0.2) is 11.6 Å². The second kappa shape index (κ2) is 6.08. The van der Waals surface area contributed by atoms with Crippen molar-refractivity contribution in [3.05, 3.63) is 33.3 Å². The topological polar surface area (TPSA) is 20.3 Å². The zero-order valence-corrected chi connectivity index (χ0v) is 12.5. The fraction of sp³-hybridized carbons (Fsp3) is 0.533. The van der Waals surface area contributed by atoms with Gasteiger partial charge in [-0.3, -0.25) is 4.79 Å². The monoisotopic (exact) mass is 301 g/mol. The molecule has 1 saturated heterocycles. The molecule has 0 aliphatic carbocycles. The molecule has 1 fully saturated rings. The van der Waals surface area contributed by atoms with Crippen molar-refractivity contribution in [2.45, 2.75) is 39.5 Å². The van der Waals surface area contributed by atoms with E-state index in [1.165, 1.54) is 6.92 Å². The third-order valence-electron chi connectivity index (χ3n) is 3.88. The predicted molar refractivity (Wildman–Crippen MR) is 75.2 cm³/mol. The molecule has 0 spiro atoms. The maximum absolute atomic E-state index is 14.1. The Morgan fingerprint density at radius 2 is 1.55 bits per heavy atom. The summed E-state index contributed by atoms with van der Waals surface area (Å²) >= 11 is 6.00. The molecule has 0 bridgehead atoms. The summed E-state index contributed by atoms with van der Waals surface area (Å²) in [6.07, 6.45) is 3.92. The molecule has 1 aliphatic heterocycles. The van der Waals surface area contributed by atoms with E-state index in [0.717, 1.165) is 25.7 Å². The van der Waals surface area contributed by atoms with Gasteiger partial charge >= 0.3 is 0 Å². The first kappa shape index (κ1) is 15.2. The van der Waals surface area contributed by atoms with Gasteiger partial charge in [0.05, 0.1) is 10.6 Å². The Labute approximate surface area is 122 Å². The van der Waals surface area contributed by atoms with Crippen LogP contribution < -0.4 is 0 Å². The lowest BCUT2D eigenvalue weighted by atomic mass is 10.0. The number of rotatable bonds is 1. The number of benzene rings is 1. The number of nitrogens with zero attached hydrogens (tertiary/aromatic N) is 1. The van der Waals surface area contributed by atoms with Crippen molar-refractivity contribution in [2.24, 2.45) is 0 Å². The lowest BCUT2D eigenvalue weighted by molar-refractivity contribution is 0.0755. The molecule has 0 saturated carbocycles. The number of carbonyl (C=O) groups excluding carboxylic acids is 1. The molecule has 110 valence electrons. The molecule has 1 heterocycles. The maximum Gasteiger partial charge on any atom is 0.257 e. The Morgan fingerprint density at radius 3 is 2.10 bits per heavy atom. The van der Waals surface area contributed by atoms with Gasteiger partial charge < -0.3 is 4.90 Å². The van der Waals surface area contributed by atoms with Crippen molar-refractivity contribution in [3.8, 4) is 0 Å². The van der Waals surface area contributed by atoms with E-state index in [1.54, 1.807) is 11.8 Å². The van der Waals surface area contributed by atoms with Crippen LogP contribution in [0, 0.1) is 25.5 Å². The highest BCUT2D eigenvalue weighted by Gasteiger charge is 2.27. The molecule has 0 radical (unpaired) electrons. The van der Waals surface area contributed by atoms with Crippen molar-refractivity contribution in [2.75, 3.05) is 13.1 Å². The SMILES string of the molecule is Cc1c(F)c(F)c(C(=O)N2CCCCCC2)c(C)c1Cl. The average molecular weight is 302 g/mol. The van der Waals surface area contributed by atoms with Gasteiger partial charge in [0.1, 0.15) is 0 Å². The summed E-state index contributed by atoms with van der Waals surface area (Å²) < 4.78 is 27.9. The van der Waals surface area contributed by atoms with E-state index in [-0.39, 0.29) is 16.1 Å². The minimum Gasteiger partial charge on any atom is -0.339 e. The third-order valence-corrected chi connectivity index (χ3v) is 4.45. The van der Waals surface area contributed by atoms with Gasteiger partial charge in [0, 0.05) is 18.7 Å². The molecule has 1 aromatic rings. The zero-order valence-electron chi connectivity index (χ0n) is 11.7. The Kier molecular flexibility index (Phi) is 4.63. The first-order chi connectivity index (χ1) is 9.45. The summed E-state index contributed by atoms with van der Waals surface area (Å²) in [6.45, 7) is 4.15. The second-order valence-corrected chi connectivity index (χ2v) is 5.65. The lowest BCUT2D eigenvalue weighted by Crippen LogP contribution is -2.33. The van der Waals surface area contributed by atoms with E-state index in [9.17, 15) is 13.6 Å². The van der Waals surface area contributed by atoms with Crippen LogP contribution >= 0.6 is 11.6 Å². The number of halogens is 3. The van der Waals surface area contributed by atoms with E-state index in [2.05, 4.69) is 0 Å². The van der Waals surface area contributed by atoms with E-state index in [0.29, 0.717) is 18.7 Å². The highest BCUT2D eigenvalue weighted by molar-refractivity contribution is 6.32. The average Bonchev–Trinajstić information content (AvgIpc) is 2.72. The van der Waals surface area contributed by atoms with Gasteiger partial charge in [0.25, 0.3) is 5.91 Å². The van der Waals surface area contributed by atoms with Crippen LogP contribution in [0.3, 0.4) is 0 Å². The largest absolute Gasteiger partial charge is 0.339 e. The van der Waals surface area contributed by atoms with Gasteiger partial charge in [-0.2, -0.15) is 0 Å². The Hall–Kier alpha value is -1.16. The van der Waals surface area contributed by atoms with Crippen molar-refractivity contribution >= 4 is 17.5 Å². The zero-order chi connectivity index (χ0) is 14.9. The van der Waals surface area contributed by atoms with Crippen LogP contribution in [0.1, 0.15) is 47.2 Å². The summed E-state index contributed by atoms with van der Waals surface area (Å²) in [5, 5.41) is 0.127. The minimum atomic E-state index is -1.08. The van der Waals surface area contributed by atoms with E-state index >= 15 is 0 Å². The van der Waals surface area contributed by atoms with Crippen LogP contribution in [0.5, 0.6) is 0 Å². The first-order valence-corrected chi connectivity index (χ1v) is 7.26. The molecule has 20 heavy (non-hydrogen) atoms. The predicted octanol–water partition coefficient (Wildman–Crippen LogP) is 4.25. The van der Waals surface area contributed by atoms with E-state index in [1.807, 2.05) is 0 Å². The smallest absolute Gasteiger partial charge is 0.257 e. The Morgan fingerprint density at radius 1 is 1.00 bits per heavy atom. The summed E-state index contributed by atoms with van der Waals surface area (Å²) in [4.78, 5) is 14.1. The van der Waals surface area contributed by atoms with Crippen molar-refractivity contribution in [1.29, 1.82) is 0 Å². The molecular formula is C15H18ClF2NO. The van der Waals surface area contributed by atoms with Crippen LogP contribution in [0.25, 0.3) is 0 Å². The van der Waals surface area contributed by atoms with Crippen LogP contribution in [0.4, 0.5) is 8.78 Å². The van der Waals surface area contributed by atoms with E-state index in [4.69, 9.17) is 11.6 Å². The van der Waals surface area contributed by atoms with Gasteiger partial charge in [-0.05, 0) is 32.3 Å². The number of likely N-dealkylation sites (tertiary alicyclic amines) is 1. The summed E-state index contributed by atoms with van der Waals surface area (Å²) in [5.41, 5.74) is 0.145. The second-order valence-electron chi connectivity index (χ2n) is 5.27. The molecule has 5 heteroatoms. The molecule has 1 aliphatic rings. The summed E-state index contributed by atoms with van der Waals surface area (Å²) in [7, 11) is 0. The fourth-order valence-electron chi connectivity index (χ4n) is 2.61.